The van der Waals surface area contributed by atoms with E-state index in [2.05, 4.69) is 10.2 Å². The van der Waals surface area contributed by atoms with Crippen molar-refractivity contribution in [3.8, 4) is 0 Å². The van der Waals surface area contributed by atoms with Gasteiger partial charge < -0.3 is 10.2 Å². The van der Waals surface area contributed by atoms with Gasteiger partial charge in [0.15, 0.2) is 0 Å². The molecule has 1 N–H and O–H groups in total. The van der Waals surface area contributed by atoms with Crippen LogP contribution in [0.25, 0.3) is 0 Å². The Morgan fingerprint density at radius 3 is 2.35 bits per heavy atom. The predicted molar refractivity (Wildman–Crippen MR) is 99.4 cm³/mol. The van der Waals surface area contributed by atoms with Crippen molar-refractivity contribution in [2.75, 3.05) is 31.6 Å². The Labute approximate surface area is 153 Å². The average Bonchev–Trinajstić information content (AvgIpc) is 2.91. The Morgan fingerprint density at radius 1 is 1.12 bits per heavy atom. The number of imide groups is 1. The fourth-order valence-electron chi connectivity index (χ4n) is 3.58. The first-order valence-electron chi connectivity index (χ1n) is 9.11. The standard InChI is InChI=1S/C20H25N3O3/c1-22(15-8-3-2-4-9-15)13-7-12-21-18(24)14-23-19(25)16-10-5-6-11-17(16)20(23)26/h2-6,8-9,16-17H,7,10-14H2,1H3,(H,21,24)/t16-,17-/m0/s1. The van der Waals surface area contributed by atoms with E-state index in [0.717, 1.165) is 23.6 Å². The van der Waals surface area contributed by atoms with Crippen LogP contribution in [0.1, 0.15) is 19.3 Å². The predicted octanol–water partition coefficient (Wildman–Crippen LogP) is 1.58. The highest BCUT2D eigenvalue weighted by Gasteiger charge is 2.47. The van der Waals surface area contributed by atoms with Gasteiger partial charge in [-0.05, 0) is 31.4 Å². The summed E-state index contributed by atoms with van der Waals surface area (Å²) >= 11 is 0. The van der Waals surface area contributed by atoms with Crippen LogP contribution >= 0.6 is 0 Å². The van der Waals surface area contributed by atoms with Crippen LogP contribution in [0.15, 0.2) is 42.5 Å². The number of hydrogen-bond acceptors (Lipinski definition) is 4. The third-order valence-electron chi connectivity index (χ3n) is 5.09. The highest BCUT2D eigenvalue weighted by Crippen LogP contribution is 2.34. The van der Waals surface area contributed by atoms with Gasteiger partial charge >= 0.3 is 0 Å². The van der Waals surface area contributed by atoms with E-state index in [9.17, 15) is 14.4 Å². The van der Waals surface area contributed by atoms with Crippen molar-refractivity contribution < 1.29 is 14.4 Å². The number of amides is 3. The van der Waals surface area contributed by atoms with Crippen molar-refractivity contribution in [3.63, 3.8) is 0 Å². The Kier molecular flexibility index (Phi) is 5.71. The highest BCUT2D eigenvalue weighted by atomic mass is 16.2. The summed E-state index contributed by atoms with van der Waals surface area (Å²) in [4.78, 5) is 40.1. The molecular formula is C20H25N3O3. The Bertz CT molecular complexity index is 676. The third-order valence-corrected chi connectivity index (χ3v) is 5.09. The van der Waals surface area contributed by atoms with E-state index in [1.165, 1.54) is 0 Å². The van der Waals surface area contributed by atoms with Gasteiger partial charge in [0.2, 0.25) is 17.7 Å². The minimum atomic E-state index is -0.278. The number of likely N-dealkylation sites (tertiary alicyclic amines) is 1. The second kappa shape index (κ2) is 8.17. The summed E-state index contributed by atoms with van der Waals surface area (Å²) in [5.74, 6) is -1.24. The molecule has 1 saturated heterocycles. The Balaban J connectivity index is 1.41. The summed E-state index contributed by atoms with van der Waals surface area (Å²) in [5.41, 5.74) is 1.13. The molecule has 1 fully saturated rings. The Hall–Kier alpha value is -2.63. The lowest BCUT2D eigenvalue weighted by Gasteiger charge is -2.19. The first kappa shape index (κ1) is 18.2. The number of fused-ring (bicyclic) bond motifs is 1. The lowest BCUT2D eigenvalue weighted by atomic mass is 9.85. The van der Waals surface area contributed by atoms with Gasteiger partial charge in [-0.1, -0.05) is 30.4 Å². The van der Waals surface area contributed by atoms with Gasteiger partial charge in [0.05, 0.1) is 11.8 Å². The van der Waals surface area contributed by atoms with Gasteiger partial charge in [0.1, 0.15) is 6.54 Å². The maximum absolute atomic E-state index is 12.3. The topological polar surface area (TPSA) is 69.7 Å². The van der Waals surface area contributed by atoms with Gasteiger partial charge in [-0.15, -0.1) is 0 Å². The van der Waals surface area contributed by atoms with E-state index >= 15 is 0 Å². The molecule has 0 spiro atoms. The summed E-state index contributed by atoms with van der Waals surface area (Å²) in [7, 11) is 2.01. The van der Waals surface area contributed by atoms with E-state index in [1.807, 2.05) is 49.5 Å². The third kappa shape index (κ3) is 3.95. The van der Waals surface area contributed by atoms with Crippen LogP contribution < -0.4 is 10.2 Å². The molecule has 0 bridgehead atoms. The normalized spacial score (nSPS) is 21.7. The lowest BCUT2D eigenvalue weighted by molar-refractivity contribution is -0.143. The zero-order valence-electron chi connectivity index (χ0n) is 15.1. The first-order valence-corrected chi connectivity index (χ1v) is 9.11. The van der Waals surface area contributed by atoms with Gasteiger partial charge in [-0.25, -0.2) is 0 Å². The molecule has 2 aliphatic rings. The van der Waals surface area contributed by atoms with Crippen LogP contribution in [0.2, 0.25) is 0 Å². The molecule has 6 heteroatoms. The molecule has 0 radical (unpaired) electrons. The average molecular weight is 355 g/mol. The van der Waals surface area contributed by atoms with Crippen LogP contribution in [0, 0.1) is 11.8 Å². The van der Waals surface area contributed by atoms with Crippen molar-refractivity contribution >= 4 is 23.4 Å². The zero-order valence-corrected chi connectivity index (χ0v) is 15.1. The highest BCUT2D eigenvalue weighted by molar-refractivity contribution is 6.07. The number of nitrogens with zero attached hydrogens (tertiary/aromatic N) is 2. The Morgan fingerprint density at radius 2 is 1.73 bits per heavy atom. The van der Waals surface area contributed by atoms with Gasteiger partial charge in [0.25, 0.3) is 0 Å². The van der Waals surface area contributed by atoms with Crippen molar-refractivity contribution in [2.24, 2.45) is 11.8 Å². The maximum Gasteiger partial charge on any atom is 0.240 e. The number of carbonyl (C=O) groups excluding carboxylic acids is 3. The second-order valence-electron chi connectivity index (χ2n) is 6.88. The van der Waals surface area contributed by atoms with Crippen molar-refractivity contribution in [2.45, 2.75) is 19.3 Å². The summed E-state index contributed by atoms with van der Waals surface area (Å²) in [6.45, 7) is 1.15. The zero-order chi connectivity index (χ0) is 18.5. The molecule has 0 aromatic heterocycles. The maximum atomic E-state index is 12.3. The minimum Gasteiger partial charge on any atom is -0.375 e. The molecule has 138 valence electrons. The summed E-state index contributed by atoms with van der Waals surface area (Å²) in [6, 6.07) is 10.0. The fraction of sp³-hybridized carbons (Fsp3) is 0.450. The van der Waals surface area contributed by atoms with Crippen LogP contribution in [0.4, 0.5) is 5.69 Å². The molecule has 6 nitrogen and oxygen atoms in total. The number of para-hydroxylation sites is 1. The monoisotopic (exact) mass is 355 g/mol. The van der Waals surface area contributed by atoms with E-state index in [0.29, 0.717) is 19.4 Å². The SMILES string of the molecule is CN(CCCNC(=O)CN1C(=O)[C@H]2CC=CC[C@@H]2C1=O)c1ccccc1. The summed E-state index contributed by atoms with van der Waals surface area (Å²) in [5, 5.41) is 2.81. The van der Waals surface area contributed by atoms with Crippen LogP contribution in [0.5, 0.6) is 0 Å². The van der Waals surface area contributed by atoms with Crippen LogP contribution in [-0.2, 0) is 14.4 Å². The van der Waals surface area contributed by atoms with E-state index < -0.39 is 0 Å². The first-order chi connectivity index (χ1) is 12.6. The van der Waals surface area contributed by atoms with Crippen molar-refractivity contribution in [3.05, 3.63) is 42.5 Å². The van der Waals surface area contributed by atoms with E-state index in [1.54, 1.807) is 0 Å². The number of rotatable bonds is 7. The molecule has 26 heavy (non-hydrogen) atoms. The minimum absolute atomic E-state index is 0.167. The van der Waals surface area contributed by atoms with Crippen LogP contribution in [-0.4, -0.2) is 49.3 Å². The molecule has 0 unspecified atom stereocenters. The molecule has 1 aromatic carbocycles. The largest absolute Gasteiger partial charge is 0.375 e. The van der Waals surface area contributed by atoms with Gasteiger partial charge in [0, 0.05) is 25.8 Å². The summed E-state index contributed by atoms with van der Waals surface area (Å²) in [6.07, 6.45) is 5.87. The number of benzene rings is 1. The molecule has 3 rings (SSSR count). The number of anilines is 1. The van der Waals surface area contributed by atoms with Gasteiger partial charge in [-0.2, -0.15) is 0 Å². The van der Waals surface area contributed by atoms with Crippen molar-refractivity contribution in [1.29, 1.82) is 0 Å². The number of hydrogen-bond donors (Lipinski definition) is 1. The van der Waals surface area contributed by atoms with E-state index in [4.69, 9.17) is 0 Å². The number of nitrogens with one attached hydrogen (secondary N) is 1. The second-order valence-corrected chi connectivity index (χ2v) is 6.88. The summed E-state index contributed by atoms with van der Waals surface area (Å²) < 4.78 is 0. The molecule has 1 aliphatic heterocycles. The molecule has 1 aliphatic carbocycles. The quantitative estimate of drug-likeness (QED) is 0.458. The molecular weight excluding hydrogens is 330 g/mol. The molecule has 3 amide bonds. The molecule has 1 aromatic rings. The lowest BCUT2D eigenvalue weighted by Crippen LogP contribution is -2.41. The van der Waals surface area contributed by atoms with E-state index in [-0.39, 0.29) is 36.1 Å². The van der Waals surface area contributed by atoms with Gasteiger partial charge in [-0.3, -0.25) is 19.3 Å². The fourth-order valence-corrected chi connectivity index (χ4v) is 3.58. The van der Waals surface area contributed by atoms with Crippen molar-refractivity contribution in [1.82, 2.24) is 10.2 Å². The smallest absolute Gasteiger partial charge is 0.240 e. The number of carbonyl (C=O) groups is 3. The number of allylic oxidation sites excluding steroid dienone is 2. The molecule has 0 saturated carbocycles. The molecule has 2 atom stereocenters. The van der Waals surface area contributed by atoms with Crippen LogP contribution in [0.3, 0.4) is 0 Å². The molecule has 1 heterocycles.